The first-order valence-corrected chi connectivity index (χ1v) is 9.49. The largest absolute Gasteiger partial charge is 0.463 e. The van der Waals surface area contributed by atoms with Crippen LogP contribution in [-0.2, 0) is 23.1 Å². The molecular formula is C15H28O5Si. The van der Waals surface area contributed by atoms with E-state index in [-0.39, 0.29) is 5.97 Å². The summed E-state index contributed by atoms with van der Waals surface area (Å²) < 4.78 is 22.8. The number of rotatable bonds is 8. The van der Waals surface area contributed by atoms with Crippen LogP contribution in [-0.4, -0.2) is 47.7 Å². The average molecular weight is 316 g/mol. The van der Waals surface area contributed by atoms with E-state index >= 15 is 0 Å². The highest BCUT2D eigenvalue weighted by molar-refractivity contribution is 6.70. The van der Waals surface area contributed by atoms with E-state index in [1.807, 2.05) is 0 Å². The summed E-state index contributed by atoms with van der Waals surface area (Å²) in [5, 5.41) is -0.394. The van der Waals surface area contributed by atoms with Gasteiger partial charge in [0.2, 0.25) is 0 Å². The van der Waals surface area contributed by atoms with Gasteiger partial charge in [-0.15, -0.1) is 0 Å². The van der Waals surface area contributed by atoms with Crippen LogP contribution in [0, 0.1) is 5.92 Å². The zero-order chi connectivity index (χ0) is 15.9. The highest BCUT2D eigenvalue weighted by Crippen LogP contribution is 2.46. The van der Waals surface area contributed by atoms with E-state index in [1.165, 1.54) is 6.08 Å². The van der Waals surface area contributed by atoms with Gasteiger partial charge >= 0.3 is 14.5 Å². The summed E-state index contributed by atoms with van der Waals surface area (Å²) in [6.45, 7) is 5.94. The van der Waals surface area contributed by atoms with Crippen LogP contribution in [0.1, 0.15) is 32.6 Å². The van der Waals surface area contributed by atoms with Gasteiger partial charge < -0.3 is 18.3 Å². The summed E-state index contributed by atoms with van der Waals surface area (Å²) in [6.07, 6.45) is 4.87. The molecule has 6 heteroatoms. The zero-order valence-corrected chi connectivity index (χ0v) is 14.6. The molecule has 0 amide bonds. The molecule has 0 radical (unpaired) electrons. The number of hydrogen-bond donors (Lipinski definition) is 0. The van der Waals surface area contributed by atoms with E-state index in [9.17, 15) is 4.79 Å². The monoisotopic (exact) mass is 316 g/mol. The molecule has 0 N–H and O–H groups in total. The van der Waals surface area contributed by atoms with E-state index in [2.05, 4.69) is 13.5 Å². The predicted molar refractivity (Wildman–Crippen MR) is 83.1 cm³/mol. The van der Waals surface area contributed by atoms with Crippen molar-refractivity contribution in [2.45, 2.75) is 43.9 Å². The van der Waals surface area contributed by atoms with Crippen LogP contribution in [0.5, 0.6) is 0 Å². The maximum Gasteiger partial charge on any atom is 0.371 e. The predicted octanol–water partition coefficient (Wildman–Crippen LogP) is 2.59. The fourth-order valence-corrected chi connectivity index (χ4v) is 7.68. The number of esters is 1. The van der Waals surface area contributed by atoms with Crippen molar-refractivity contribution in [3.05, 3.63) is 12.7 Å². The Morgan fingerprint density at radius 3 is 2.57 bits per heavy atom. The highest BCUT2D eigenvalue weighted by Gasteiger charge is 2.61. The maximum absolute atomic E-state index is 11.1. The molecule has 0 aromatic carbocycles. The summed E-state index contributed by atoms with van der Waals surface area (Å²) in [6, 6.07) is 0.935. The molecule has 2 atom stereocenters. The van der Waals surface area contributed by atoms with Gasteiger partial charge in [-0.1, -0.05) is 19.9 Å². The van der Waals surface area contributed by atoms with Gasteiger partial charge in [0.05, 0.1) is 6.61 Å². The van der Waals surface area contributed by atoms with Crippen LogP contribution in [0.2, 0.25) is 6.04 Å². The molecule has 122 valence electrons. The molecule has 5 nitrogen and oxygen atoms in total. The van der Waals surface area contributed by atoms with E-state index in [0.29, 0.717) is 12.5 Å². The fraction of sp³-hybridized carbons (Fsp3) is 0.800. The second-order valence-corrected chi connectivity index (χ2v) is 9.19. The standard InChI is InChI=1S/C15H28O5Si/c1-6-14(16)20-11-8-10-15(17-3)13(2)9-7-12-21(15,18-4)19-5/h6,13H,1,7-12H2,2-5H3. The Morgan fingerprint density at radius 1 is 1.38 bits per heavy atom. The quantitative estimate of drug-likeness (QED) is 0.298. The Balaban J connectivity index is 2.81. The average Bonchev–Trinajstić information content (AvgIpc) is 2.52. The molecule has 1 rings (SSSR count). The molecule has 2 unspecified atom stereocenters. The van der Waals surface area contributed by atoms with E-state index in [0.717, 1.165) is 31.7 Å². The fourth-order valence-electron chi connectivity index (χ4n) is 3.56. The number of hydrogen-bond acceptors (Lipinski definition) is 5. The molecule has 1 aliphatic heterocycles. The Morgan fingerprint density at radius 2 is 2.05 bits per heavy atom. The normalized spacial score (nSPS) is 28.1. The molecular weight excluding hydrogens is 288 g/mol. The first-order chi connectivity index (χ1) is 10.0. The van der Waals surface area contributed by atoms with Crippen LogP contribution < -0.4 is 0 Å². The maximum atomic E-state index is 11.1. The summed E-state index contributed by atoms with van der Waals surface area (Å²) in [5.74, 6) is -0.0296. The van der Waals surface area contributed by atoms with E-state index in [4.69, 9.17) is 18.3 Å². The SMILES string of the molecule is C=CC(=O)OCCCC1(OC)C(C)CCC[Si]1(OC)OC. The molecule has 0 bridgehead atoms. The smallest absolute Gasteiger partial charge is 0.371 e. The van der Waals surface area contributed by atoms with Gasteiger partial charge in [-0.25, -0.2) is 4.79 Å². The highest BCUT2D eigenvalue weighted by atomic mass is 28.4. The third-order valence-electron chi connectivity index (χ3n) is 4.71. The Kier molecular flexibility index (Phi) is 7.06. The first kappa shape index (κ1) is 18.4. The summed E-state index contributed by atoms with van der Waals surface area (Å²) in [7, 11) is 2.73. The number of ether oxygens (including phenoxy) is 2. The van der Waals surface area contributed by atoms with Crippen molar-refractivity contribution in [3.8, 4) is 0 Å². The van der Waals surface area contributed by atoms with E-state index in [1.54, 1.807) is 21.3 Å². The van der Waals surface area contributed by atoms with Crippen LogP contribution in [0.15, 0.2) is 12.7 Å². The summed E-state index contributed by atoms with van der Waals surface area (Å²) >= 11 is 0. The van der Waals surface area contributed by atoms with Gasteiger partial charge in [0.25, 0.3) is 0 Å². The Hall–Kier alpha value is -0.693. The van der Waals surface area contributed by atoms with Gasteiger partial charge in [-0.2, -0.15) is 0 Å². The van der Waals surface area contributed by atoms with Gasteiger partial charge in [-0.3, -0.25) is 0 Å². The lowest BCUT2D eigenvalue weighted by Gasteiger charge is -2.51. The van der Waals surface area contributed by atoms with Crippen molar-refractivity contribution in [1.82, 2.24) is 0 Å². The van der Waals surface area contributed by atoms with Gasteiger partial charge in [-0.05, 0) is 31.2 Å². The summed E-state index contributed by atoms with van der Waals surface area (Å²) in [4.78, 5) is 11.1. The first-order valence-electron chi connectivity index (χ1n) is 7.46. The van der Waals surface area contributed by atoms with Crippen LogP contribution >= 0.6 is 0 Å². The van der Waals surface area contributed by atoms with Crippen molar-refractivity contribution in [3.63, 3.8) is 0 Å². The molecule has 0 aliphatic carbocycles. The second-order valence-electron chi connectivity index (χ2n) is 5.52. The molecule has 0 aromatic rings. The molecule has 0 spiro atoms. The third-order valence-corrected chi connectivity index (χ3v) is 9.28. The molecule has 21 heavy (non-hydrogen) atoms. The van der Waals surface area contributed by atoms with Crippen LogP contribution in [0.25, 0.3) is 0 Å². The minimum atomic E-state index is -2.44. The summed E-state index contributed by atoms with van der Waals surface area (Å²) in [5.41, 5.74) is 0. The topological polar surface area (TPSA) is 54.0 Å². The van der Waals surface area contributed by atoms with Crippen molar-refractivity contribution in [2.75, 3.05) is 27.9 Å². The zero-order valence-electron chi connectivity index (χ0n) is 13.6. The molecule has 1 heterocycles. The van der Waals surface area contributed by atoms with Crippen molar-refractivity contribution in [1.29, 1.82) is 0 Å². The van der Waals surface area contributed by atoms with Crippen LogP contribution in [0.4, 0.5) is 0 Å². The number of carbonyl (C=O) groups excluding carboxylic acids is 1. The molecule has 0 saturated carbocycles. The Labute approximate surface area is 128 Å². The van der Waals surface area contributed by atoms with E-state index < -0.39 is 13.8 Å². The van der Waals surface area contributed by atoms with Crippen molar-refractivity contribution in [2.24, 2.45) is 5.92 Å². The second kappa shape index (κ2) is 8.08. The third kappa shape index (κ3) is 3.56. The van der Waals surface area contributed by atoms with Gasteiger partial charge in [0, 0.05) is 27.4 Å². The lowest BCUT2D eigenvalue weighted by molar-refractivity contribution is -0.138. The number of carbonyl (C=O) groups is 1. The molecule has 1 aliphatic rings. The van der Waals surface area contributed by atoms with Crippen molar-refractivity contribution >= 4 is 14.5 Å². The van der Waals surface area contributed by atoms with Crippen LogP contribution in [0.3, 0.4) is 0 Å². The molecule has 0 aromatic heterocycles. The number of methoxy groups -OCH3 is 1. The molecule has 1 saturated heterocycles. The van der Waals surface area contributed by atoms with Gasteiger partial charge in [0.1, 0.15) is 5.22 Å². The lowest BCUT2D eigenvalue weighted by Crippen LogP contribution is -2.68. The van der Waals surface area contributed by atoms with Gasteiger partial charge in [0.15, 0.2) is 0 Å². The lowest BCUT2D eigenvalue weighted by atomic mass is 9.94. The molecule has 1 fully saturated rings. The minimum Gasteiger partial charge on any atom is -0.463 e. The van der Waals surface area contributed by atoms with Crippen molar-refractivity contribution < 1.29 is 23.1 Å². The minimum absolute atomic E-state index is 0.359. The Bertz CT molecular complexity index is 356.